The number of ether oxygens (including phenoxy) is 1. The Hall–Kier alpha value is -0.0951. The predicted molar refractivity (Wildman–Crippen MR) is 33.5 cm³/mol. The van der Waals surface area contributed by atoms with E-state index in [1.165, 1.54) is 0 Å². The van der Waals surface area contributed by atoms with Gasteiger partial charge in [0.2, 0.25) is 0 Å². The van der Waals surface area contributed by atoms with Crippen LogP contribution >= 0.6 is 0 Å². The van der Waals surface area contributed by atoms with E-state index in [0.29, 0.717) is 0 Å². The molecule has 1 aliphatic heterocycles. The van der Waals surface area contributed by atoms with Crippen molar-refractivity contribution in [3.63, 3.8) is 0 Å². The highest BCUT2D eigenvalue weighted by Gasteiger charge is 2.38. The summed E-state index contributed by atoms with van der Waals surface area (Å²) in [6.07, 6.45) is -2.90. The Bertz CT molecular complexity index is 120. The monoisotopic (exact) mass is 144 g/mol. The van der Waals surface area contributed by atoms with E-state index in [0.717, 1.165) is 0 Å². The Morgan fingerprint density at radius 1 is 1.30 bits per heavy atom. The lowest BCUT2D eigenvalue weighted by molar-refractivity contribution is -0.00875. The van der Waals surface area contributed by atoms with Gasteiger partial charge in [-0.15, -0.1) is 0 Å². The van der Waals surface area contributed by atoms with E-state index in [-0.39, 0.29) is 6.61 Å². The molecule has 0 saturated carbocycles. The second-order valence-electron chi connectivity index (χ2n) is 2.30. The van der Waals surface area contributed by atoms with Gasteiger partial charge < -0.3 is 20.1 Å². The Morgan fingerprint density at radius 3 is 2.10 bits per heavy atom. The van der Waals surface area contributed by atoms with E-state index < -0.39 is 24.3 Å². The Labute approximate surface area is 59.8 Å². The van der Waals surface area contributed by atoms with Crippen molar-refractivity contribution < 1.29 is 20.1 Å². The first kappa shape index (κ1) is 8.01. The second kappa shape index (κ2) is 2.88. The standard InChI is InChI=1S/C5H9BO4/c6-5-4(9)3(8)2(1-7)10-5/h2-5,7-9H,1H2/t2-,3?,4+,5-/m0/s1. The quantitative estimate of drug-likeness (QED) is 0.358. The molecule has 1 heterocycles. The van der Waals surface area contributed by atoms with Gasteiger partial charge in [-0.2, -0.15) is 0 Å². The lowest BCUT2D eigenvalue weighted by Gasteiger charge is -2.10. The summed E-state index contributed by atoms with van der Waals surface area (Å²) >= 11 is 0. The van der Waals surface area contributed by atoms with Crippen LogP contribution in [0.1, 0.15) is 0 Å². The molecule has 0 aromatic rings. The van der Waals surface area contributed by atoms with Crippen LogP contribution in [0.5, 0.6) is 0 Å². The van der Waals surface area contributed by atoms with E-state index in [4.69, 9.17) is 27.9 Å². The summed E-state index contributed by atoms with van der Waals surface area (Å²) < 4.78 is 4.76. The summed E-state index contributed by atoms with van der Waals surface area (Å²) in [5.41, 5.74) is 0. The molecule has 10 heavy (non-hydrogen) atoms. The molecule has 0 spiro atoms. The first-order valence-electron chi connectivity index (χ1n) is 3.05. The average molecular weight is 144 g/mol. The Balaban J connectivity index is 2.53. The van der Waals surface area contributed by atoms with Crippen molar-refractivity contribution in [1.29, 1.82) is 0 Å². The number of hydrogen-bond acceptors (Lipinski definition) is 4. The van der Waals surface area contributed by atoms with Gasteiger partial charge in [-0.1, -0.05) is 0 Å². The molecule has 1 fully saturated rings. The molecule has 1 saturated heterocycles. The van der Waals surface area contributed by atoms with Crippen LogP contribution in [-0.4, -0.2) is 54.1 Å². The molecule has 1 rings (SSSR count). The first-order valence-corrected chi connectivity index (χ1v) is 3.05. The van der Waals surface area contributed by atoms with Crippen molar-refractivity contribution in [1.82, 2.24) is 0 Å². The molecule has 0 aromatic carbocycles. The molecule has 2 radical (unpaired) electrons. The fourth-order valence-electron chi connectivity index (χ4n) is 0.928. The third-order valence-corrected chi connectivity index (χ3v) is 1.58. The molecule has 5 heteroatoms. The molecule has 1 aliphatic rings. The van der Waals surface area contributed by atoms with E-state index in [2.05, 4.69) is 0 Å². The number of rotatable bonds is 1. The largest absolute Gasteiger partial charge is 0.394 e. The van der Waals surface area contributed by atoms with Gasteiger partial charge in [0, 0.05) is 6.00 Å². The summed E-state index contributed by atoms with van der Waals surface area (Å²) in [7, 11) is 5.19. The Kier molecular flexibility index (Phi) is 2.30. The van der Waals surface area contributed by atoms with Crippen LogP contribution in [0.4, 0.5) is 0 Å². The summed E-state index contributed by atoms with van der Waals surface area (Å²) in [5.74, 6) is 0. The van der Waals surface area contributed by atoms with Crippen LogP contribution in [0.2, 0.25) is 0 Å². The highest BCUT2D eigenvalue weighted by molar-refractivity contribution is 6.11. The zero-order valence-electron chi connectivity index (χ0n) is 5.34. The number of aliphatic hydroxyl groups excluding tert-OH is 3. The molecule has 0 aromatic heterocycles. The minimum atomic E-state index is -1.09. The average Bonchev–Trinajstić information content (AvgIpc) is 2.17. The van der Waals surface area contributed by atoms with Crippen LogP contribution in [-0.2, 0) is 4.74 Å². The molecule has 0 amide bonds. The Morgan fingerprint density at radius 2 is 1.90 bits per heavy atom. The normalized spacial score (nSPS) is 47.9. The van der Waals surface area contributed by atoms with Crippen molar-refractivity contribution in [2.75, 3.05) is 6.61 Å². The van der Waals surface area contributed by atoms with Crippen LogP contribution < -0.4 is 0 Å². The van der Waals surface area contributed by atoms with Gasteiger partial charge in [0.25, 0.3) is 0 Å². The van der Waals surface area contributed by atoms with Gasteiger partial charge in [0.1, 0.15) is 20.1 Å². The number of hydrogen-bond donors (Lipinski definition) is 3. The minimum absolute atomic E-state index is 0.327. The third-order valence-electron chi connectivity index (χ3n) is 1.58. The van der Waals surface area contributed by atoms with Crippen molar-refractivity contribution in [2.24, 2.45) is 0 Å². The van der Waals surface area contributed by atoms with Gasteiger partial charge in [0.05, 0.1) is 12.7 Å². The lowest BCUT2D eigenvalue weighted by Crippen LogP contribution is -2.33. The van der Waals surface area contributed by atoms with Crippen LogP contribution in [0.3, 0.4) is 0 Å². The maximum absolute atomic E-state index is 9.01. The highest BCUT2D eigenvalue weighted by atomic mass is 16.5. The zero-order chi connectivity index (χ0) is 7.72. The molecule has 0 aliphatic carbocycles. The summed E-state index contributed by atoms with van der Waals surface area (Å²) in [6.45, 7) is -0.327. The molecule has 56 valence electrons. The van der Waals surface area contributed by atoms with Gasteiger partial charge in [-0.25, -0.2) is 0 Å². The first-order chi connectivity index (χ1) is 4.66. The van der Waals surface area contributed by atoms with E-state index in [1.807, 2.05) is 0 Å². The zero-order valence-corrected chi connectivity index (χ0v) is 5.34. The van der Waals surface area contributed by atoms with Crippen molar-refractivity contribution in [2.45, 2.75) is 24.3 Å². The maximum Gasteiger partial charge on any atom is 0.112 e. The van der Waals surface area contributed by atoms with Crippen molar-refractivity contribution in [3.8, 4) is 0 Å². The molecule has 0 bridgehead atoms. The SMILES string of the molecule is [B][C@H]1O[C@@H](CO)C(O)[C@H]1O. The number of aliphatic hydroxyl groups is 3. The van der Waals surface area contributed by atoms with E-state index >= 15 is 0 Å². The fourth-order valence-corrected chi connectivity index (χ4v) is 0.928. The predicted octanol–water partition coefficient (Wildman–Crippen LogP) is -2.41. The molecular formula is C5H9BO4. The van der Waals surface area contributed by atoms with Crippen LogP contribution in [0.25, 0.3) is 0 Å². The van der Waals surface area contributed by atoms with E-state index in [1.54, 1.807) is 0 Å². The topological polar surface area (TPSA) is 69.9 Å². The molecule has 4 nitrogen and oxygen atoms in total. The molecule has 3 N–H and O–H groups in total. The summed E-state index contributed by atoms with van der Waals surface area (Å²) in [5, 5.41) is 26.5. The van der Waals surface area contributed by atoms with Gasteiger partial charge in [-0.05, 0) is 0 Å². The van der Waals surface area contributed by atoms with Gasteiger partial charge in [0.15, 0.2) is 0 Å². The molecule has 4 atom stereocenters. The second-order valence-corrected chi connectivity index (χ2v) is 2.30. The summed E-state index contributed by atoms with van der Waals surface area (Å²) in [4.78, 5) is 0. The van der Waals surface area contributed by atoms with Crippen molar-refractivity contribution in [3.05, 3.63) is 0 Å². The maximum atomic E-state index is 9.01. The smallest absolute Gasteiger partial charge is 0.112 e. The molecular weight excluding hydrogens is 135 g/mol. The minimum Gasteiger partial charge on any atom is -0.394 e. The summed E-state index contributed by atoms with van der Waals surface area (Å²) in [6, 6.07) is -0.882. The van der Waals surface area contributed by atoms with Crippen LogP contribution in [0, 0.1) is 0 Å². The van der Waals surface area contributed by atoms with Crippen molar-refractivity contribution >= 4 is 7.85 Å². The molecule has 1 unspecified atom stereocenters. The van der Waals surface area contributed by atoms with E-state index in [9.17, 15) is 0 Å². The fraction of sp³-hybridized carbons (Fsp3) is 1.00. The highest BCUT2D eigenvalue weighted by Crippen LogP contribution is 2.18. The lowest BCUT2D eigenvalue weighted by atomic mass is 9.93. The van der Waals surface area contributed by atoms with Gasteiger partial charge in [-0.3, -0.25) is 0 Å². The van der Waals surface area contributed by atoms with Crippen LogP contribution in [0.15, 0.2) is 0 Å². The van der Waals surface area contributed by atoms with Gasteiger partial charge >= 0.3 is 0 Å². The third kappa shape index (κ3) is 1.18.